The van der Waals surface area contributed by atoms with Gasteiger partial charge in [-0.05, 0) is 48.7 Å². The predicted octanol–water partition coefficient (Wildman–Crippen LogP) is 4.07. The van der Waals surface area contributed by atoms with Crippen molar-refractivity contribution in [2.24, 2.45) is 0 Å². The standard InChI is InChI=1S/C23H24ClFN4O2/c1-31-22-7-6-16(14-19(22)25)15-28-11-8-17(9-12-28)26-23(30)20-10-13-29(27-20)21-5-3-2-4-18(21)24/h2-7,10,13-14,17H,8-9,11-12,15H2,1H3,(H,26,30). The molecule has 1 aromatic heterocycles. The highest BCUT2D eigenvalue weighted by Gasteiger charge is 2.22. The fourth-order valence-corrected chi connectivity index (χ4v) is 4.00. The summed E-state index contributed by atoms with van der Waals surface area (Å²) in [5.41, 5.74) is 1.99. The molecule has 8 heteroatoms. The Labute approximate surface area is 185 Å². The van der Waals surface area contributed by atoms with Crippen LogP contribution in [0, 0.1) is 5.82 Å². The maximum atomic E-state index is 13.9. The number of hydrogen-bond donors (Lipinski definition) is 1. The molecule has 0 unspecified atom stereocenters. The lowest BCUT2D eigenvalue weighted by Gasteiger charge is -2.32. The third-order valence-electron chi connectivity index (χ3n) is 5.47. The van der Waals surface area contributed by atoms with Crippen molar-refractivity contribution in [1.82, 2.24) is 20.0 Å². The molecule has 0 radical (unpaired) electrons. The van der Waals surface area contributed by atoms with Crippen LogP contribution in [0.5, 0.6) is 5.75 Å². The minimum Gasteiger partial charge on any atom is -0.494 e. The van der Waals surface area contributed by atoms with Gasteiger partial charge in [0, 0.05) is 31.9 Å². The first kappa shape index (κ1) is 21.3. The molecule has 162 valence electrons. The lowest BCUT2D eigenvalue weighted by molar-refractivity contribution is 0.0903. The van der Waals surface area contributed by atoms with E-state index in [-0.39, 0.29) is 23.5 Å². The summed E-state index contributed by atoms with van der Waals surface area (Å²) in [5.74, 6) is -0.290. The van der Waals surface area contributed by atoms with E-state index in [1.165, 1.54) is 13.2 Å². The number of piperidine rings is 1. The minimum atomic E-state index is -0.349. The topological polar surface area (TPSA) is 59.4 Å². The molecular formula is C23H24ClFN4O2. The van der Waals surface area contributed by atoms with Gasteiger partial charge in [0.05, 0.1) is 17.8 Å². The van der Waals surface area contributed by atoms with E-state index in [0.29, 0.717) is 17.3 Å². The molecule has 4 rings (SSSR count). The van der Waals surface area contributed by atoms with Crippen LogP contribution in [0.25, 0.3) is 5.69 Å². The van der Waals surface area contributed by atoms with Gasteiger partial charge in [-0.3, -0.25) is 9.69 Å². The lowest BCUT2D eigenvalue weighted by Crippen LogP contribution is -2.44. The Morgan fingerprint density at radius 2 is 2.00 bits per heavy atom. The molecule has 1 amide bonds. The highest BCUT2D eigenvalue weighted by Crippen LogP contribution is 2.21. The van der Waals surface area contributed by atoms with Gasteiger partial charge >= 0.3 is 0 Å². The molecule has 6 nitrogen and oxygen atoms in total. The molecule has 2 heterocycles. The van der Waals surface area contributed by atoms with Crippen molar-refractivity contribution in [2.75, 3.05) is 20.2 Å². The third kappa shape index (κ3) is 5.06. The van der Waals surface area contributed by atoms with Crippen LogP contribution in [0.1, 0.15) is 28.9 Å². The van der Waals surface area contributed by atoms with Crippen molar-refractivity contribution in [2.45, 2.75) is 25.4 Å². The van der Waals surface area contributed by atoms with Crippen molar-refractivity contribution in [3.63, 3.8) is 0 Å². The number of carbonyl (C=O) groups excluding carboxylic acids is 1. The smallest absolute Gasteiger partial charge is 0.272 e. The fourth-order valence-electron chi connectivity index (χ4n) is 3.78. The number of methoxy groups -OCH3 is 1. The zero-order valence-electron chi connectivity index (χ0n) is 17.2. The lowest BCUT2D eigenvalue weighted by atomic mass is 10.0. The number of aromatic nitrogens is 2. The molecule has 31 heavy (non-hydrogen) atoms. The van der Waals surface area contributed by atoms with Crippen LogP contribution >= 0.6 is 11.6 Å². The van der Waals surface area contributed by atoms with Crippen LogP contribution in [-0.2, 0) is 6.54 Å². The largest absolute Gasteiger partial charge is 0.494 e. The third-order valence-corrected chi connectivity index (χ3v) is 5.79. The molecule has 0 bridgehead atoms. The van der Waals surface area contributed by atoms with E-state index in [9.17, 15) is 9.18 Å². The Balaban J connectivity index is 1.29. The maximum Gasteiger partial charge on any atom is 0.272 e. The molecule has 0 aliphatic carbocycles. The van der Waals surface area contributed by atoms with Gasteiger partial charge in [0.15, 0.2) is 17.3 Å². The van der Waals surface area contributed by atoms with Gasteiger partial charge in [-0.25, -0.2) is 9.07 Å². The zero-order valence-corrected chi connectivity index (χ0v) is 18.0. The summed E-state index contributed by atoms with van der Waals surface area (Å²) >= 11 is 6.21. The summed E-state index contributed by atoms with van der Waals surface area (Å²) in [7, 11) is 1.46. The van der Waals surface area contributed by atoms with Crippen LogP contribution in [0.4, 0.5) is 4.39 Å². The number of nitrogens with zero attached hydrogens (tertiary/aromatic N) is 3. The number of rotatable bonds is 6. The van der Waals surface area contributed by atoms with Gasteiger partial charge in [0.2, 0.25) is 0 Å². The van der Waals surface area contributed by atoms with Crippen molar-refractivity contribution in [3.05, 3.63) is 76.8 Å². The maximum absolute atomic E-state index is 13.9. The van der Waals surface area contributed by atoms with Crippen LogP contribution in [0.15, 0.2) is 54.7 Å². The van der Waals surface area contributed by atoms with E-state index in [1.807, 2.05) is 24.3 Å². The van der Waals surface area contributed by atoms with E-state index in [2.05, 4.69) is 15.3 Å². The number of likely N-dealkylation sites (tertiary alicyclic amines) is 1. The number of carbonyl (C=O) groups is 1. The predicted molar refractivity (Wildman–Crippen MR) is 117 cm³/mol. The molecule has 1 saturated heterocycles. The molecule has 2 aromatic carbocycles. The number of para-hydroxylation sites is 1. The normalized spacial score (nSPS) is 15.1. The van der Waals surface area contributed by atoms with Gasteiger partial charge in [0.1, 0.15) is 0 Å². The van der Waals surface area contributed by atoms with E-state index < -0.39 is 0 Å². The summed E-state index contributed by atoms with van der Waals surface area (Å²) in [5, 5.41) is 8.01. The summed E-state index contributed by atoms with van der Waals surface area (Å²) in [6, 6.07) is 14.2. The van der Waals surface area contributed by atoms with Crippen molar-refractivity contribution >= 4 is 17.5 Å². The van der Waals surface area contributed by atoms with E-state index in [0.717, 1.165) is 37.2 Å². The number of nitrogens with one attached hydrogen (secondary N) is 1. The van der Waals surface area contributed by atoms with E-state index in [1.54, 1.807) is 29.1 Å². The number of amides is 1. The Morgan fingerprint density at radius 3 is 2.71 bits per heavy atom. The molecule has 3 aromatic rings. The fraction of sp³-hybridized carbons (Fsp3) is 0.304. The molecule has 0 atom stereocenters. The number of hydrogen-bond acceptors (Lipinski definition) is 4. The van der Waals surface area contributed by atoms with Crippen molar-refractivity contribution in [3.8, 4) is 11.4 Å². The molecule has 0 saturated carbocycles. The SMILES string of the molecule is COc1ccc(CN2CCC(NC(=O)c3ccn(-c4ccccc4Cl)n3)CC2)cc1F. The Morgan fingerprint density at radius 1 is 1.23 bits per heavy atom. The number of ether oxygens (including phenoxy) is 1. The monoisotopic (exact) mass is 442 g/mol. The highest BCUT2D eigenvalue weighted by molar-refractivity contribution is 6.32. The molecule has 0 spiro atoms. The van der Waals surface area contributed by atoms with Crippen LogP contribution < -0.4 is 10.1 Å². The Hall–Kier alpha value is -2.90. The first-order chi connectivity index (χ1) is 15.0. The van der Waals surface area contributed by atoms with E-state index >= 15 is 0 Å². The summed E-state index contributed by atoms with van der Waals surface area (Å²) in [4.78, 5) is 14.9. The molecule has 1 N–H and O–H groups in total. The van der Waals surface area contributed by atoms with Gasteiger partial charge in [-0.2, -0.15) is 5.10 Å². The summed E-state index contributed by atoms with van der Waals surface area (Å²) in [6.45, 7) is 2.32. The Bertz CT molecular complexity index is 1060. The molecule has 1 aliphatic rings. The summed E-state index contributed by atoms with van der Waals surface area (Å²) < 4.78 is 20.5. The second kappa shape index (κ2) is 9.49. The average Bonchev–Trinajstić information content (AvgIpc) is 3.26. The van der Waals surface area contributed by atoms with Crippen LogP contribution in [-0.4, -0.2) is 46.8 Å². The molecular weight excluding hydrogens is 419 g/mol. The first-order valence-electron chi connectivity index (χ1n) is 10.2. The summed E-state index contributed by atoms with van der Waals surface area (Å²) in [6.07, 6.45) is 3.39. The minimum absolute atomic E-state index is 0.0850. The van der Waals surface area contributed by atoms with Gasteiger partial charge in [-0.15, -0.1) is 0 Å². The number of benzene rings is 2. The zero-order chi connectivity index (χ0) is 21.8. The van der Waals surface area contributed by atoms with Crippen molar-refractivity contribution in [1.29, 1.82) is 0 Å². The second-order valence-corrected chi connectivity index (χ2v) is 8.00. The highest BCUT2D eigenvalue weighted by atomic mass is 35.5. The van der Waals surface area contributed by atoms with Gasteiger partial charge in [0.25, 0.3) is 5.91 Å². The van der Waals surface area contributed by atoms with Crippen molar-refractivity contribution < 1.29 is 13.9 Å². The number of halogens is 2. The quantitative estimate of drug-likeness (QED) is 0.625. The second-order valence-electron chi connectivity index (χ2n) is 7.59. The average molecular weight is 443 g/mol. The van der Waals surface area contributed by atoms with Crippen LogP contribution in [0.3, 0.4) is 0 Å². The van der Waals surface area contributed by atoms with Gasteiger partial charge in [-0.1, -0.05) is 29.8 Å². The van der Waals surface area contributed by atoms with E-state index in [4.69, 9.17) is 16.3 Å². The van der Waals surface area contributed by atoms with Gasteiger partial charge < -0.3 is 10.1 Å². The first-order valence-corrected chi connectivity index (χ1v) is 10.6. The Kier molecular flexibility index (Phi) is 6.53. The molecule has 1 aliphatic heterocycles. The van der Waals surface area contributed by atoms with Crippen LogP contribution in [0.2, 0.25) is 5.02 Å². The molecule has 1 fully saturated rings.